The van der Waals surface area contributed by atoms with Gasteiger partial charge in [-0.2, -0.15) is 0 Å². The Labute approximate surface area is 188 Å². The van der Waals surface area contributed by atoms with Crippen LogP contribution < -0.4 is 15.8 Å². The molecule has 2 aliphatic rings. The van der Waals surface area contributed by atoms with Gasteiger partial charge >= 0.3 is 0 Å². The van der Waals surface area contributed by atoms with Gasteiger partial charge in [0.15, 0.2) is 0 Å². The first-order valence-electron chi connectivity index (χ1n) is 11.2. The second-order valence-electron chi connectivity index (χ2n) is 8.98. The Balaban J connectivity index is 1.48. The van der Waals surface area contributed by atoms with E-state index in [9.17, 15) is 4.79 Å². The van der Waals surface area contributed by atoms with Crippen molar-refractivity contribution in [3.63, 3.8) is 0 Å². The van der Waals surface area contributed by atoms with E-state index in [0.29, 0.717) is 0 Å². The number of hydrogen-bond donors (Lipinski definition) is 2. The van der Waals surface area contributed by atoms with Gasteiger partial charge in [-0.05, 0) is 61.9 Å². The lowest BCUT2D eigenvalue weighted by Crippen LogP contribution is -2.35. The van der Waals surface area contributed by atoms with Crippen LogP contribution in [0.25, 0.3) is 21.9 Å². The minimum atomic E-state index is -0.625. The average Bonchev–Trinajstić information content (AvgIpc) is 3.62. The predicted molar refractivity (Wildman–Crippen MR) is 126 cm³/mol. The largest absolute Gasteiger partial charge is 0.490 e. The van der Waals surface area contributed by atoms with Crippen LogP contribution in [-0.2, 0) is 10.2 Å². The summed E-state index contributed by atoms with van der Waals surface area (Å²) in [7, 11) is 3.99. The fourth-order valence-corrected chi connectivity index (χ4v) is 4.59. The van der Waals surface area contributed by atoms with Crippen molar-refractivity contribution in [1.82, 2.24) is 14.9 Å². The number of amides is 1. The number of aromatic nitrogens is 2. The molecule has 7 nitrogen and oxygen atoms in total. The number of primary amides is 1. The summed E-state index contributed by atoms with van der Waals surface area (Å²) in [5, 5.41) is 5.06. The molecular weight excluding hydrogens is 402 g/mol. The number of nitrogens with one attached hydrogen (secondary N) is 1. The highest BCUT2D eigenvalue weighted by Crippen LogP contribution is 2.48. The molecule has 7 heteroatoms. The van der Waals surface area contributed by atoms with Crippen LogP contribution in [0.4, 0.5) is 5.82 Å². The van der Waals surface area contributed by atoms with Crippen LogP contribution in [0.2, 0.25) is 0 Å². The summed E-state index contributed by atoms with van der Waals surface area (Å²) in [4.78, 5) is 23.6. The van der Waals surface area contributed by atoms with Crippen LogP contribution in [-0.4, -0.2) is 54.1 Å². The van der Waals surface area contributed by atoms with Gasteiger partial charge in [0, 0.05) is 43.5 Å². The smallest absolute Gasteiger partial charge is 0.229 e. The highest BCUT2D eigenvalue weighted by molar-refractivity contribution is 6.02. The molecular formula is C25H29N5O2. The van der Waals surface area contributed by atoms with Gasteiger partial charge in [-0.15, -0.1) is 0 Å². The number of benzene rings is 1. The summed E-state index contributed by atoms with van der Waals surface area (Å²) in [6, 6.07) is 10.2. The molecule has 1 saturated carbocycles. The third kappa shape index (κ3) is 3.66. The fraction of sp³-hybridized carbons (Fsp3) is 0.400. The highest BCUT2D eigenvalue weighted by atomic mass is 16.5. The maximum Gasteiger partial charge on any atom is 0.229 e. The zero-order chi connectivity index (χ0) is 22.3. The van der Waals surface area contributed by atoms with E-state index in [0.717, 1.165) is 77.9 Å². The molecule has 0 unspecified atom stereocenters. The molecule has 32 heavy (non-hydrogen) atoms. The van der Waals surface area contributed by atoms with E-state index in [2.05, 4.69) is 39.4 Å². The SMILES string of the molecule is CNc1ncc(-c2ccc(OC3CCN(C)CC3)cc2)c2cc(C3(C(N)=O)CC3)ncc12. The minimum absolute atomic E-state index is 0.270. The number of likely N-dealkylation sites (tertiary alicyclic amines) is 1. The van der Waals surface area contributed by atoms with Gasteiger partial charge in [-0.25, -0.2) is 4.98 Å². The van der Waals surface area contributed by atoms with Crippen LogP contribution in [0, 0.1) is 0 Å². The Hall–Kier alpha value is -3.19. The van der Waals surface area contributed by atoms with Crippen molar-refractivity contribution in [1.29, 1.82) is 0 Å². The van der Waals surface area contributed by atoms with Gasteiger partial charge in [-0.3, -0.25) is 9.78 Å². The first kappa shape index (κ1) is 20.7. The van der Waals surface area contributed by atoms with Gasteiger partial charge in [0.05, 0.1) is 11.1 Å². The quantitative estimate of drug-likeness (QED) is 0.622. The molecule has 0 radical (unpaired) electrons. The van der Waals surface area contributed by atoms with Crippen molar-refractivity contribution in [2.45, 2.75) is 37.2 Å². The number of carbonyl (C=O) groups excluding carboxylic acids is 1. The first-order valence-corrected chi connectivity index (χ1v) is 11.2. The van der Waals surface area contributed by atoms with Crippen molar-refractivity contribution >= 4 is 22.5 Å². The lowest BCUT2D eigenvalue weighted by Gasteiger charge is -2.29. The van der Waals surface area contributed by atoms with Gasteiger partial charge in [0.2, 0.25) is 5.91 Å². The van der Waals surface area contributed by atoms with Gasteiger partial charge in [-0.1, -0.05) is 12.1 Å². The Bertz CT molecular complexity index is 1150. The number of nitrogens with two attached hydrogens (primary N) is 1. The molecule has 166 valence electrons. The van der Waals surface area contributed by atoms with Crippen LogP contribution in [0.5, 0.6) is 5.75 Å². The normalized spacial score (nSPS) is 18.4. The second-order valence-corrected chi connectivity index (χ2v) is 8.98. The molecule has 1 amide bonds. The molecule has 0 bridgehead atoms. The first-order chi connectivity index (χ1) is 15.5. The molecule has 2 fully saturated rings. The Kier molecular flexibility index (Phi) is 5.21. The van der Waals surface area contributed by atoms with E-state index in [1.165, 1.54) is 0 Å². The number of anilines is 1. The van der Waals surface area contributed by atoms with Crippen LogP contribution in [0.1, 0.15) is 31.4 Å². The zero-order valence-corrected chi connectivity index (χ0v) is 18.6. The summed E-state index contributed by atoms with van der Waals surface area (Å²) < 4.78 is 6.20. The van der Waals surface area contributed by atoms with Crippen molar-refractivity contribution in [2.75, 3.05) is 32.5 Å². The molecule has 1 saturated heterocycles. The lowest BCUT2D eigenvalue weighted by atomic mass is 9.95. The molecule has 5 rings (SSSR count). The van der Waals surface area contributed by atoms with Crippen LogP contribution in [0.3, 0.4) is 0 Å². The maximum absolute atomic E-state index is 12.1. The van der Waals surface area contributed by atoms with Crippen LogP contribution >= 0.6 is 0 Å². The zero-order valence-electron chi connectivity index (χ0n) is 18.6. The number of carbonyl (C=O) groups is 1. The summed E-state index contributed by atoms with van der Waals surface area (Å²) in [6.45, 7) is 2.14. The Morgan fingerprint density at radius 2 is 1.84 bits per heavy atom. The average molecular weight is 432 g/mol. The monoisotopic (exact) mass is 431 g/mol. The summed E-state index contributed by atoms with van der Waals surface area (Å²) in [6.07, 6.45) is 7.55. The number of rotatable bonds is 6. The number of fused-ring (bicyclic) bond motifs is 1. The van der Waals surface area contributed by atoms with E-state index in [-0.39, 0.29) is 12.0 Å². The van der Waals surface area contributed by atoms with Gasteiger partial charge in [0.1, 0.15) is 17.7 Å². The Morgan fingerprint density at radius 3 is 2.47 bits per heavy atom. The number of piperidine rings is 1. The van der Waals surface area contributed by atoms with E-state index >= 15 is 0 Å². The lowest BCUT2D eigenvalue weighted by molar-refractivity contribution is -0.120. The molecule has 0 atom stereocenters. The third-order valence-electron chi connectivity index (χ3n) is 6.85. The fourth-order valence-electron chi connectivity index (χ4n) is 4.59. The second kappa shape index (κ2) is 8.06. The van der Waals surface area contributed by atoms with E-state index < -0.39 is 5.41 Å². The van der Waals surface area contributed by atoms with E-state index in [4.69, 9.17) is 10.5 Å². The van der Waals surface area contributed by atoms with Crippen molar-refractivity contribution in [2.24, 2.45) is 5.73 Å². The van der Waals surface area contributed by atoms with Gasteiger partial charge in [0.25, 0.3) is 0 Å². The molecule has 1 aliphatic carbocycles. The van der Waals surface area contributed by atoms with Crippen molar-refractivity contribution < 1.29 is 9.53 Å². The maximum atomic E-state index is 12.1. The molecule has 3 N–H and O–H groups in total. The predicted octanol–water partition coefficient (Wildman–Crippen LogP) is 3.33. The van der Waals surface area contributed by atoms with Crippen molar-refractivity contribution in [3.05, 3.63) is 48.4 Å². The Morgan fingerprint density at radius 1 is 1.12 bits per heavy atom. The summed E-state index contributed by atoms with van der Waals surface area (Å²) in [5.74, 6) is 1.35. The van der Waals surface area contributed by atoms with E-state index in [1.54, 1.807) is 6.20 Å². The topological polar surface area (TPSA) is 93.4 Å². The highest BCUT2D eigenvalue weighted by Gasteiger charge is 2.51. The summed E-state index contributed by atoms with van der Waals surface area (Å²) >= 11 is 0. The molecule has 1 aliphatic heterocycles. The standard InChI is InChI=1S/C25H29N5O2/c1-27-23-21-15-28-22(25(9-10-25)24(26)31)13-19(21)20(14-29-23)16-3-5-17(6-4-16)32-18-7-11-30(2)12-8-18/h3-6,13-15,18H,7-12H2,1-2H3,(H2,26,31)(H,27,29). The number of pyridine rings is 2. The molecule has 2 aromatic heterocycles. The molecule has 3 heterocycles. The number of hydrogen-bond acceptors (Lipinski definition) is 6. The molecule has 0 spiro atoms. The van der Waals surface area contributed by atoms with E-state index in [1.807, 2.05) is 31.4 Å². The molecule has 3 aromatic rings. The number of nitrogens with zero attached hydrogens (tertiary/aromatic N) is 3. The minimum Gasteiger partial charge on any atom is -0.490 e. The number of ether oxygens (including phenoxy) is 1. The van der Waals surface area contributed by atoms with Crippen molar-refractivity contribution in [3.8, 4) is 16.9 Å². The van der Waals surface area contributed by atoms with Crippen LogP contribution in [0.15, 0.2) is 42.7 Å². The summed E-state index contributed by atoms with van der Waals surface area (Å²) in [5.41, 5.74) is 7.85. The molecule has 1 aromatic carbocycles. The third-order valence-corrected chi connectivity index (χ3v) is 6.85. The van der Waals surface area contributed by atoms with Gasteiger partial charge < -0.3 is 20.7 Å².